The maximum absolute atomic E-state index is 2.37. The monoisotopic (exact) mass is 495 g/mol. The quantitative estimate of drug-likeness (QED) is 0.112. The smallest absolute Gasteiger partial charge is 0.0786 e. The first-order valence-electron chi connectivity index (χ1n) is 12.6. The van der Waals surface area contributed by atoms with Gasteiger partial charge in [-0.2, -0.15) is 0 Å². The van der Waals surface area contributed by atoms with Crippen LogP contribution in [-0.2, 0) is 0 Å². The molecule has 0 aliphatic rings. The number of nitrogens with zero attached hydrogens (tertiary/aromatic N) is 1. The van der Waals surface area contributed by atoms with Crippen LogP contribution in [0.4, 0.5) is 0 Å². The van der Waals surface area contributed by atoms with Gasteiger partial charge in [0.2, 0.25) is 0 Å². The summed E-state index contributed by atoms with van der Waals surface area (Å²) in [6.45, 7) is 15.2. The first kappa shape index (κ1) is 29.9. The van der Waals surface area contributed by atoms with Crippen LogP contribution in [0.15, 0.2) is 0 Å². The number of halogens is 1. The lowest BCUT2D eigenvalue weighted by Gasteiger charge is -2.39. The van der Waals surface area contributed by atoms with E-state index in [0.29, 0.717) is 0 Å². The molecular formula is C25H54IN. The van der Waals surface area contributed by atoms with Gasteiger partial charge in [0.15, 0.2) is 0 Å². The zero-order valence-corrected chi connectivity index (χ0v) is 21.8. The van der Waals surface area contributed by atoms with Gasteiger partial charge >= 0.3 is 0 Å². The van der Waals surface area contributed by atoms with E-state index in [2.05, 4.69) is 27.7 Å². The largest absolute Gasteiger partial charge is 1.00 e. The summed E-state index contributed by atoms with van der Waals surface area (Å²) in [5.74, 6) is 0. The lowest BCUT2D eigenvalue weighted by molar-refractivity contribution is -0.929. The van der Waals surface area contributed by atoms with Crippen molar-refractivity contribution >= 4 is 0 Å². The minimum absolute atomic E-state index is 0. The Kier molecular flexibility index (Phi) is 25.4. The van der Waals surface area contributed by atoms with Crippen molar-refractivity contribution in [2.45, 2.75) is 137 Å². The molecule has 0 aliphatic heterocycles. The van der Waals surface area contributed by atoms with Crippen molar-refractivity contribution in [3.63, 3.8) is 0 Å². The highest BCUT2D eigenvalue weighted by atomic mass is 127. The standard InChI is InChI=1S/C25H54N.HI/c1-5-9-13-16-19-23-26(22-12-8-4,24-20-17-14-10-6-2)25-21-18-15-11-7-3;/h5-25H2,1-4H3;1H/q+1;/p-1. The second-order valence-electron chi connectivity index (χ2n) is 8.83. The summed E-state index contributed by atoms with van der Waals surface area (Å²) < 4.78 is 1.46. The van der Waals surface area contributed by atoms with Crippen molar-refractivity contribution in [2.75, 3.05) is 26.2 Å². The van der Waals surface area contributed by atoms with Crippen LogP contribution in [0.25, 0.3) is 0 Å². The highest BCUT2D eigenvalue weighted by Crippen LogP contribution is 2.19. The zero-order chi connectivity index (χ0) is 19.3. The van der Waals surface area contributed by atoms with Gasteiger partial charge in [0.25, 0.3) is 0 Å². The van der Waals surface area contributed by atoms with Crippen molar-refractivity contribution in [1.29, 1.82) is 0 Å². The molecule has 0 aromatic heterocycles. The highest BCUT2D eigenvalue weighted by Gasteiger charge is 2.25. The molecule has 0 aromatic carbocycles. The Labute approximate surface area is 191 Å². The van der Waals surface area contributed by atoms with Crippen molar-refractivity contribution in [2.24, 2.45) is 0 Å². The van der Waals surface area contributed by atoms with Crippen LogP contribution in [0.3, 0.4) is 0 Å². The second-order valence-corrected chi connectivity index (χ2v) is 8.83. The summed E-state index contributed by atoms with van der Waals surface area (Å²) in [6.07, 6.45) is 24.3. The van der Waals surface area contributed by atoms with E-state index in [-0.39, 0.29) is 24.0 Å². The molecule has 0 aromatic rings. The molecule has 1 nitrogen and oxygen atoms in total. The summed E-state index contributed by atoms with van der Waals surface area (Å²) in [4.78, 5) is 0. The molecule has 0 bridgehead atoms. The van der Waals surface area contributed by atoms with E-state index >= 15 is 0 Å². The van der Waals surface area contributed by atoms with Crippen molar-refractivity contribution < 1.29 is 28.5 Å². The molecule has 27 heavy (non-hydrogen) atoms. The van der Waals surface area contributed by atoms with E-state index in [4.69, 9.17) is 0 Å². The maximum Gasteiger partial charge on any atom is 0.0786 e. The molecular weight excluding hydrogens is 441 g/mol. The third-order valence-corrected chi connectivity index (χ3v) is 6.19. The maximum atomic E-state index is 2.37. The van der Waals surface area contributed by atoms with Gasteiger partial charge in [-0.3, -0.25) is 0 Å². The van der Waals surface area contributed by atoms with Gasteiger partial charge in [-0.15, -0.1) is 0 Å². The molecule has 0 atom stereocenters. The van der Waals surface area contributed by atoms with Crippen molar-refractivity contribution in [3.8, 4) is 0 Å². The fourth-order valence-electron chi connectivity index (χ4n) is 4.32. The Bertz CT molecular complexity index is 231. The Morgan fingerprint density at radius 1 is 0.333 bits per heavy atom. The van der Waals surface area contributed by atoms with Gasteiger partial charge in [0.05, 0.1) is 26.2 Å². The molecule has 0 N–H and O–H groups in total. The summed E-state index contributed by atoms with van der Waals surface area (Å²) in [5, 5.41) is 0. The topological polar surface area (TPSA) is 0 Å². The fourth-order valence-corrected chi connectivity index (χ4v) is 4.32. The van der Waals surface area contributed by atoms with E-state index in [1.54, 1.807) is 0 Å². The molecule has 2 heteroatoms. The minimum atomic E-state index is 0. The molecule has 0 rings (SSSR count). The van der Waals surface area contributed by atoms with Crippen LogP contribution in [0.5, 0.6) is 0 Å². The average Bonchev–Trinajstić information content (AvgIpc) is 2.65. The number of quaternary nitrogens is 1. The highest BCUT2D eigenvalue weighted by molar-refractivity contribution is 4.53. The van der Waals surface area contributed by atoms with Crippen LogP contribution < -0.4 is 24.0 Å². The molecule has 0 fully saturated rings. The molecule has 0 saturated carbocycles. The molecule has 0 heterocycles. The summed E-state index contributed by atoms with van der Waals surface area (Å²) in [7, 11) is 0. The number of hydrogen-bond donors (Lipinski definition) is 0. The van der Waals surface area contributed by atoms with E-state index in [1.165, 1.54) is 140 Å². The van der Waals surface area contributed by atoms with Crippen LogP contribution in [0.2, 0.25) is 0 Å². The Morgan fingerprint density at radius 2 is 0.593 bits per heavy atom. The Hall–Kier alpha value is 0.690. The molecule has 0 saturated heterocycles. The molecule has 166 valence electrons. The van der Waals surface area contributed by atoms with Crippen molar-refractivity contribution in [1.82, 2.24) is 0 Å². The molecule has 0 spiro atoms. The zero-order valence-electron chi connectivity index (χ0n) is 19.7. The number of unbranched alkanes of at least 4 members (excludes halogenated alkanes) is 13. The minimum Gasteiger partial charge on any atom is -1.00 e. The summed E-state index contributed by atoms with van der Waals surface area (Å²) >= 11 is 0. The molecule has 0 amide bonds. The second kappa shape index (κ2) is 23.0. The lowest BCUT2D eigenvalue weighted by atomic mass is 10.1. The number of rotatable bonds is 21. The van der Waals surface area contributed by atoms with E-state index < -0.39 is 0 Å². The summed E-state index contributed by atoms with van der Waals surface area (Å²) in [6, 6.07) is 0. The van der Waals surface area contributed by atoms with Gasteiger partial charge < -0.3 is 28.5 Å². The van der Waals surface area contributed by atoms with Crippen molar-refractivity contribution in [3.05, 3.63) is 0 Å². The van der Waals surface area contributed by atoms with Gasteiger partial charge in [-0.1, -0.05) is 91.9 Å². The lowest BCUT2D eigenvalue weighted by Crippen LogP contribution is -3.00. The number of hydrogen-bond acceptors (Lipinski definition) is 0. The van der Waals surface area contributed by atoms with Crippen LogP contribution in [-0.4, -0.2) is 30.7 Å². The van der Waals surface area contributed by atoms with Gasteiger partial charge in [0.1, 0.15) is 0 Å². The average molecular weight is 496 g/mol. The van der Waals surface area contributed by atoms with Gasteiger partial charge in [-0.25, -0.2) is 0 Å². The van der Waals surface area contributed by atoms with E-state index in [0.717, 1.165) is 0 Å². The predicted molar refractivity (Wildman–Crippen MR) is 121 cm³/mol. The van der Waals surface area contributed by atoms with Crippen LogP contribution in [0.1, 0.15) is 137 Å². The van der Waals surface area contributed by atoms with Gasteiger partial charge in [0, 0.05) is 0 Å². The SMILES string of the molecule is CCCCCCC[N+](CCCC)(CCCCCCC)CCCCCCC.[I-]. The third kappa shape index (κ3) is 18.5. The van der Waals surface area contributed by atoms with Crippen LogP contribution in [0, 0.1) is 0 Å². The van der Waals surface area contributed by atoms with Gasteiger partial charge in [-0.05, 0) is 44.9 Å². The normalized spacial score (nSPS) is 11.6. The molecule has 0 unspecified atom stereocenters. The first-order chi connectivity index (χ1) is 12.7. The molecule has 0 aliphatic carbocycles. The fraction of sp³-hybridized carbons (Fsp3) is 1.00. The molecule has 0 radical (unpaired) electrons. The Morgan fingerprint density at radius 3 is 0.889 bits per heavy atom. The summed E-state index contributed by atoms with van der Waals surface area (Å²) in [5.41, 5.74) is 0. The van der Waals surface area contributed by atoms with Crippen LogP contribution >= 0.6 is 0 Å². The first-order valence-corrected chi connectivity index (χ1v) is 12.6. The predicted octanol–water partition coefficient (Wildman–Crippen LogP) is 5.52. The van der Waals surface area contributed by atoms with E-state index in [1.807, 2.05) is 0 Å². The third-order valence-electron chi connectivity index (χ3n) is 6.19. The van der Waals surface area contributed by atoms with E-state index in [9.17, 15) is 0 Å². The Balaban J connectivity index is 0.